The zero-order chi connectivity index (χ0) is 6.97. The lowest BCUT2D eigenvalue weighted by molar-refractivity contribution is 0.988. The maximum Gasteiger partial charge on any atom is 0.115 e. The van der Waals surface area contributed by atoms with E-state index in [1.54, 1.807) is 12.5 Å². The van der Waals surface area contributed by atoms with Crippen LogP contribution in [0.3, 0.4) is 0 Å². The largest absolute Gasteiger partial charge is 0.245 e. The number of halogens is 1. The summed E-state index contributed by atoms with van der Waals surface area (Å²) in [5, 5.41) is 0.315. The van der Waals surface area contributed by atoms with Gasteiger partial charge in [0.25, 0.3) is 0 Å². The van der Waals surface area contributed by atoms with Crippen LogP contribution in [-0.4, -0.2) is 15.3 Å². The number of rotatable bonds is 1. The van der Waals surface area contributed by atoms with E-state index in [-0.39, 0.29) is 0 Å². The minimum Gasteiger partial charge on any atom is -0.245 e. The fraction of sp³-hybridized carbons (Fsp3) is 0.429. The van der Waals surface area contributed by atoms with Crippen molar-refractivity contribution in [2.24, 2.45) is 0 Å². The molecule has 1 aromatic rings. The van der Waals surface area contributed by atoms with Crippen molar-refractivity contribution in [2.45, 2.75) is 17.7 Å². The Bertz CT molecular complexity index is 224. The van der Waals surface area contributed by atoms with Crippen LogP contribution >= 0.6 is 11.6 Å². The van der Waals surface area contributed by atoms with E-state index >= 15 is 0 Å². The van der Waals surface area contributed by atoms with Gasteiger partial charge < -0.3 is 0 Å². The lowest BCUT2D eigenvalue weighted by atomic mass is 10.3. The Labute approximate surface area is 64.3 Å². The smallest absolute Gasteiger partial charge is 0.115 e. The van der Waals surface area contributed by atoms with Crippen LogP contribution in [0.15, 0.2) is 18.6 Å². The van der Waals surface area contributed by atoms with Gasteiger partial charge in [0.05, 0.1) is 0 Å². The molecule has 3 heteroatoms. The molecule has 1 heterocycles. The maximum absolute atomic E-state index is 5.83. The molecule has 0 aromatic carbocycles. The molecule has 10 heavy (non-hydrogen) atoms. The van der Waals surface area contributed by atoms with Gasteiger partial charge in [-0.15, -0.1) is 11.6 Å². The molecular formula is C7H7ClN2. The van der Waals surface area contributed by atoms with Gasteiger partial charge in [-0.05, 0) is 12.5 Å². The Kier molecular flexibility index (Phi) is 1.34. The SMILES string of the molecule is ClC1CC1c1ccncn1. The van der Waals surface area contributed by atoms with E-state index in [0.29, 0.717) is 11.3 Å². The molecule has 0 bridgehead atoms. The Hall–Kier alpha value is -0.630. The highest BCUT2D eigenvalue weighted by molar-refractivity contribution is 6.23. The summed E-state index contributed by atoms with van der Waals surface area (Å²) in [5.41, 5.74) is 1.08. The van der Waals surface area contributed by atoms with Crippen LogP contribution < -0.4 is 0 Å². The van der Waals surface area contributed by atoms with Gasteiger partial charge in [-0.3, -0.25) is 0 Å². The summed E-state index contributed by atoms with van der Waals surface area (Å²) in [4.78, 5) is 7.92. The molecule has 0 saturated heterocycles. The molecular weight excluding hydrogens is 148 g/mol. The summed E-state index contributed by atoms with van der Waals surface area (Å²) < 4.78 is 0. The van der Waals surface area contributed by atoms with Crippen molar-refractivity contribution < 1.29 is 0 Å². The quantitative estimate of drug-likeness (QED) is 0.574. The highest BCUT2D eigenvalue weighted by Crippen LogP contribution is 2.43. The summed E-state index contributed by atoms with van der Waals surface area (Å²) in [6.45, 7) is 0. The van der Waals surface area contributed by atoms with Gasteiger partial charge in [0.2, 0.25) is 0 Å². The molecule has 0 radical (unpaired) electrons. The van der Waals surface area contributed by atoms with Crippen molar-refractivity contribution in [2.75, 3.05) is 0 Å². The van der Waals surface area contributed by atoms with Crippen LogP contribution in [0.25, 0.3) is 0 Å². The van der Waals surface area contributed by atoms with Crippen molar-refractivity contribution in [3.8, 4) is 0 Å². The van der Waals surface area contributed by atoms with Crippen molar-refractivity contribution >= 4 is 11.6 Å². The van der Waals surface area contributed by atoms with Crippen molar-refractivity contribution in [1.29, 1.82) is 0 Å². The van der Waals surface area contributed by atoms with Gasteiger partial charge in [-0.25, -0.2) is 9.97 Å². The second-order valence-corrected chi connectivity index (χ2v) is 3.05. The standard InChI is InChI=1S/C7H7ClN2/c8-6-3-5(6)7-1-2-9-4-10-7/h1-2,4-6H,3H2. The lowest BCUT2D eigenvalue weighted by Gasteiger charge is -1.91. The fourth-order valence-corrected chi connectivity index (χ4v) is 1.31. The van der Waals surface area contributed by atoms with Gasteiger partial charge in [0.1, 0.15) is 6.33 Å². The minimum absolute atomic E-state index is 0.315. The average Bonchev–Trinajstić information content (AvgIpc) is 2.69. The van der Waals surface area contributed by atoms with Gasteiger partial charge >= 0.3 is 0 Å². The number of hydrogen-bond donors (Lipinski definition) is 0. The molecule has 52 valence electrons. The van der Waals surface area contributed by atoms with E-state index in [0.717, 1.165) is 12.1 Å². The van der Waals surface area contributed by atoms with Crippen LogP contribution in [0, 0.1) is 0 Å². The molecule has 1 fully saturated rings. The number of alkyl halides is 1. The Morgan fingerprint density at radius 2 is 2.40 bits per heavy atom. The van der Waals surface area contributed by atoms with Crippen LogP contribution in [0.4, 0.5) is 0 Å². The zero-order valence-corrected chi connectivity index (χ0v) is 6.12. The first-order chi connectivity index (χ1) is 4.88. The van der Waals surface area contributed by atoms with E-state index in [9.17, 15) is 0 Å². The lowest BCUT2D eigenvalue weighted by Crippen LogP contribution is -1.87. The first kappa shape index (κ1) is 6.10. The van der Waals surface area contributed by atoms with E-state index in [2.05, 4.69) is 9.97 Å². The van der Waals surface area contributed by atoms with Crippen molar-refractivity contribution in [3.05, 3.63) is 24.3 Å². The molecule has 2 unspecified atom stereocenters. The molecule has 0 N–H and O–H groups in total. The van der Waals surface area contributed by atoms with Crippen LogP contribution in [0.5, 0.6) is 0 Å². The Morgan fingerprint density at radius 3 is 2.90 bits per heavy atom. The molecule has 2 rings (SSSR count). The summed E-state index contributed by atoms with van der Waals surface area (Å²) in [7, 11) is 0. The third-order valence-electron chi connectivity index (χ3n) is 1.70. The molecule has 1 aliphatic rings. The van der Waals surface area contributed by atoms with E-state index in [4.69, 9.17) is 11.6 Å². The van der Waals surface area contributed by atoms with Crippen LogP contribution in [0.1, 0.15) is 18.0 Å². The Balaban J connectivity index is 2.20. The molecule has 1 aliphatic carbocycles. The second-order valence-electron chi connectivity index (χ2n) is 2.49. The summed E-state index contributed by atoms with van der Waals surface area (Å²) in [6, 6.07) is 1.92. The van der Waals surface area contributed by atoms with Gasteiger partial charge in [0.15, 0.2) is 0 Å². The van der Waals surface area contributed by atoms with Gasteiger partial charge in [-0.2, -0.15) is 0 Å². The number of nitrogens with zero attached hydrogens (tertiary/aromatic N) is 2. The molecule has 2 nitrogen and oxygen atoms in total. The monoisotopic (exact) mass is 154 g/mol. The molecule has 0 amide bonds. The third kappa shape index (κ3) is 0.991. The third-order valence-corrected chi connectivity index (χ3v) is 2.18. The van der Waals surface area contributed by atoms with Gasteiger partial charge in [-0.1, -0.05) is 0 Å². The number of hydrogen-bond acceptors (Lipinski definition) is 2. The first-order valence-electron chi connectivity index (χ1n) is 3.28. The zero-order valence-electron chi connectivity index (χ0n) is 5.37. The second kappa shape index (κ2) is 2.20. The molecule has 1 aromatic heterocycles. The number of aromatic nitrogens is 2. The molecule has 2 atom stereocenters. The van der Waals surface area contributed by atoms with Crippen LogP contribution in [-0.2, 0) is 0 Å². The topological polar surface area (TPSA) is 25.8 Å². The first-order valence-corrected chi connectivity index (χ1v) is 3.71. The summed E-state index contributed by atoms with van der Waals surface area (Å²) >= 11 is 5.83. The molecule has 0 spiro atoms. The van der Waals surface area contributed by atoms with E-state index < -0.39 is 0 Å². The highest BCUT2D eigenvalue weighted by Gasteiger charge is 2.37. The van der Waals surface area contributed by atoms with Crippen LogP contribution in [0.2, 0.25) is 0 Å². The average molecular weight is 155 g/mol. The van der Waals surface area contributed by atoms with E-state index in [1.165, 1.54) is 0 Å². The highest BCUT2D eigenvalue weighted by atomic mass is 35.5. The normalized spacial score (nSPS) is 30.1. The fourth-order valence-electron chi connectivity index (χ4n) is 0.990. The predicted molar refractivity (Wildman–Crippen MR) is 39.0 cm³/mol. The Morgan fingerprint density at radius 1 is 1.60 bits per heavy atom. The summed E-state index contributed by atoms with van der Waals surface area (Å²) in [5.74, 6) is 0.490. The maximum atomic E-state index is 5.83. The summed E-state index contributed by atoms with van der Waals surface area (Å²) in [6.07, 6.45) is 4.39. The molecule has 0 aliphatic heterocycles. The minimum atomic E-state index is 0.315. The van der Waals surface area contributed by atoms with Crippen molar-refractivity contribution in [3.63, 3.8) is 0 Å². The van der Waals surface area contributed by atoms with E-state index in [1.807, 2.05) is 6.07 Å². The van der Waals surface area contributed by atoms with Gasteiger partial charge in [0, 0.05) is 23.2 Å². The molecule has 1 saturated carbocycles. The van der Waals surface area contributed by atoms with Crippen molar-refractivity contribution in [1.82, 2.24) is 9.97 Å². The predicted octanol–water partition coefficient (Wildman–Crippen LogP) is 1.57.